The first-order chi connectivity index (χ1) is 5.00. The monoisotopic (exact) mass is 190 g/mol. The molecule has 1 rings (SSSR count). The van der Waals surface area contributed by atoms with Gasteiger partial charge >= 0.3 is 0 Å². The van der Waals surface area contributed by atoms with Gasteiger partial charge in [-0.15, -0.1) is 0 Å². The van der Waals surface area contributed by atoms with E-state index in [1.807, 2.05) is 31.2 Å². The predicted molar refractivity (Wildman–Crippen MR) is 51.4 cm³/mol. The third-order valence-electron chi connectivity index (χ3n) is 1.45. The lowest BCUT2D eigenvalue weighted by Gasteiger charge is -2.19. The average molecular weight is 191 g/mol. The fourth-order valence-corrected chi connectivity index (χ4v) is 1.73. The highest BCUT2D eigenvalue weighted by Crippen LogP contribution is 2.52. The molecule has 1 aromatic rings. The van der Waals surface area contributed by atoms with Gasteiger partial charge < -0.3 is 4.55 Å². The van der Waals surface area contributed by atoms with Crippen LogP contribution < -0.4 is 0 Å². The first-order valence-corrected chi connectivity index (χ1v) is 6.09. The Balaban J connectivity index is 2.99. The molecule has 1 N–H and O–H groups in total. The van der Waals surface area contributed by atoms with Crippen molar-refractivity contribution in [1.82, 2.24) is 0 Å². The van der Waals surface area contributed by atoms with Gasteiger partial charge in [0.05, 0.1) is 0 Å². The van der Waals surface area contributed by atoms with Gasteiger partial charge in [-0.1, -0.05) is 17.7 Å². The summed E-state index contributed by atoms with van der Waals surface area (Å²) in [7, 11) is 3.70. The number of halogens is 1. The van der Waals surface area contributed by atoms with Crippen molar-refractivity contribution in [2.45, 2.75) is 11.8 Å². The predicted octanol–water partition coefficient (Wildman–Crippen LogP) is 3.42. The van der Waals surface area contributed by atoms with Crippen molar-refractivity contribution in [2.24, 2.45) is 0 Å². The van der Waals surface area contributed by atoms with Crippen LogP contribution in [0.3, 0.4) is 0 Å². The molecule has 0 saturated carbocycles. The van der Waals surface area contributed by atoms with Crippen LogP contribution in [0.25, 0.3) is 0 Å². The third-order valence-corrected chi connectivity index (χ3v) is 3.12. The van der Waals surface area contributed by atoms with Crippen LogP contribution >= 0.6 is 20.2 Å². The Kier molecular flexibility index (Phi) is 2.47. The first kappa shape index (κ1) is 8.91. The van der Waals surface area contributed by atoms with Gasteiger partial charge in [-0.05, 0) is 39.3 Å². The van der Waals surface area contributed by atoms with Crippen molar-refractivity contribution in [1.29, 1.82) is 0 Å². The summed E-state index contributed by atoms with van der Waals surface area (Å²) < 4.78 is 9.43. The topological polar surface area (TPSA) is 20.2 Å². The summed E-state index contributed by atoms with van der Waals surface area (Å²) in [6, 6.07) is 7.60. The fraction of sp³-hybridized carbons (Fsp3) is 0.250. The zero-order valence-corrected chi connectivity index (χ0v) is 8.12. The molecule has 1 nitrogen and oxygen atoms in total. The maximum atomic E-state index is 9.43. The van der Waals surface area contributed by atoms with E-state index in [9.17, 15) is 4.55 Å². The maximum absolute atomic E-state index is 9.43. The molecule has 0 aliphatic heterocycles. The van der Waals surface area contributed by atoms with Crippen molar-refractivity contribution in [3.05, 3.63) is 29.8 Å². The Labute approximate surface area is 73.0 Å². The molecule has 3 heteroatoms. The lowest BCUT2D eigenvalue weighted by molar-refractivity contribution is 0.646. The minimum absolute atomic E-state index is 0.810. The molecule has 1 atom stereocenters. The van der Waals surface area contributed by atoms with E-state index in [0.29, 0.717) is 0 Å². The van der Waals surface area contributed by atoms with E-state index in [2.05, 4.69) is 0 Å². The summed E-state index contributed by atoms with van der Waals surface area (Å²) in [6.45, 7) is 2.00. The van der Waals surface area contributed by atoms with Gasteiger partial charge in [0.1, 0.15) is 0 Å². The Morgan fingerprint density at radius 2 is 1.73 bits per heavy atom. The zero-order valence-electron chi connectivity index (χ0n) is 6.54. The van der Waals surface area contributed by atoms with Gasteiger partial charge in [0.15, 0.2) is 0 Å². The highest BCUT2D eigenvalue weighted by molar-refractivity contribution is 8.46. The Bertz CT molecular complexity index is 237. The summed E-state index contributed by atoms with van der Waals surface area (Å²) in [5, 5.41) is 0. The number of aryl methyl sites for hydroxylation is 1. The van der Waals surface area contributed by atoms with E-state index in [1.54, 1.807) is 6.26 Å². The molecular weight excluding hydrogens is 180 g/mol. The number of hydrogen-bond donors (Lipinski definition) is 1. The fourth-order valence-electron chi connectivity index (χ4n) is 0.787. The minimum Gasteiger partial charge on any atom is -0.334 e. The van der Waals surface area contributed by atoms with Crippen LogP contribution in [0.4, 0.5) is 0 Å². The molecule has 0 aliphatic carbocycles. The molecule has 0 radical (unpaired) electrons. The quantitative estimate of drug-likeness (QED) is 0.720. The van der Waals surface area contributed by atoms with Gasteiger partial charge in [0.2, 0.25) is 0 Å². The second-order valence-corrected chi connectivity index (χ2v) is 6.42. The van der Waals surface area contributed by atoms with Gasteiger partial charge in [0.25, 0.3) is 0 Å². The summed E-state index contributed by atoms with van der Waals surface area (Å²) >= 11 is 0. The lowest BCUT2D eigenvalue weighted by Crippen LogP contribution is -1.86. The summed E-state index contributed by atoms with van der Waals surface area (Å²) in [5.41, 5.74) is 1.18. The summed E-state index contributed by atoms with van der Waals surface area (Å²) in [4.78, 5) is 0.810. The molecule has 11 heavy (non-hydrogen) atoms. The normalized spacial score (nSPS) is 18.9. The van der Waals surface area contributed by atoms with Gasteiger partial charge in [-0.2, -0.15) is 0 Å². The van der Waals surface area contributed by atoms with Crippen molar-refractivity contribution >= 4 is 20.2 Å². The molecule has 0 bridgehead atoms. The van der Waals surface area contributed by atoms with E-state index in [4.69, 9.17) is 10.7 Å². The van der Waals surface area contributed by atoms with Gasteiger partial charge in [0, 0.05) is 11.2 Å². The number of rotatable bonds is 1. The van der Waals surface area contributed by atoms with E-state index < -0.39 is 9.52 Å². The SMILES string of the molecule is Cc1ccc(S(C)(O)Cl)cc1. The smallest absolute Gasteiger partial charge is 0.0262 e. The van der Waals surface area contributed by atoms with Crippen molar-refractivity contribution in [3.63, 3.8) is 0 Å². The van der Waals surface area contributed by atoms with E-state index >= 15 is 0 Å². The Morgan fingerprint density at radius 3 is 2.09 bits per heavy atom. The zero-order chi connectivity index (χ0) is 8.48. The molecule has 1 aromatic carbocycles. The maximum Gasteiger partial charge on any atom is 0.0262 e. The van der Waals surface area contributed by atoms with Crippen LogP contribution in [0.1, 0.15) is 5.56 Å². The van der Waals surface area contributed by atoms with Crippen LogP contribution in [-0.4, -0.2) is 10.8 Å². The Hall–Kier alpha value is -0.180. The lowest BCUT2D eigenvalue weighted by atomic mass is 10.2. The molecule has 62 valence electrons. The first-order valence-electron chi connectivity index (χ1n) is 3.27. The van der Waals surface area contributed by atoms with E-state index in [1.165, 1.54) is 5.56 Å². The molecule has 0 aliphatic rings. The highest BCUT2D eigenvalue weighted by atomic mass is 35.7. The second-order valence-electron chi connectivity index (χ2n) is 2.59. The minimum atomic E-state index is -2.05. The molecule has 1 unspecified atom stereocenters. The molecule has 0 aromatic heterocycles. The van der Waals surface area contributed by atoms with Crippen LogP contribution in [0, 0.1) is 6.92 Å². The van der Waals surface area contributed by atoms with Crippen molar-refractivity contribution < 1.29 is 4.55 Å². The molecule has 0 fully saturated rings. The van der Waals surface area contributed by atoms with Gasteiger partial charge in [-0.25, -0.2) is 0 Å². The largest absolute Gasteiger partial charge is 0.334 e. The standard InChI is InChI=1S/C8H11ClOS/c1-7-3-5-8(6-4-7)11(2,9)10/h3-6,10H,1-2H3. The number of benzene rings is 1. The van der Waals surface area contributed by atoms with E-state index in [-0.39, 0.29) is 0 Å². The van der Waals surface area contributed by atoms with Crippen LogP contribution in [0.15, 0.2) is 29.2 Å². The summed E-state index contributed by atoms with van der Waals surface area (Å²) in [5.74, 6) is 0. The van der Waals surface area contributed by atoms with Crippen molar-refractivity contribution in [3.8, 4) is 0 Å². The second kappa shape index (κ2) is 3.05. The van der Waals surface area contributed by atoms with Crippen LogP contribution in [-0.2, 0) is 0 Å². The van der Waals surface area contributed by atoms with Gasteiger partial charge in [-0.3, -0.25) is 0 Å². The van der Waals surface area contributed by atoms with Crippen LogP contribution in [0.2, 0.25) is 0 Å². The Morgan fingerprint density at radius 1 is 1.27 bits per heavy atom. The molecular formula is C8H11ClOS. The average Bonchev–Trinajstić information content (AvgIpc) is 1.86. The third kappa shape index (κ3) is 2.40. The number of hydrogen-bond acceptors (Lipinski definition) is 1. The van der Waals surface area contributed by atoms with E-state index in [0.717, 1.165) is 4.90 Å². The molecule has 0 saturated heterocycles. The highest BCUT2D eigenvalue weighted by Gasteiger charge is 2.11. The molecule has 0 amide bonds. The van der Waals surface area contributed by atoms with Crippen LogP contribution in [0.5, 0.6) is 0 Å². The molecule has 0 spiro atoms. The molecule has 0 heterocycles. The summed E-state index contributed by atoms with van der Waals surface area (Å²) in [6.07, 6.45) is 1.64. The van der Waals surface area contributed by atoms with Crippen molar-refractivity contribution in [2.75, 3.05) is 6.26 Å².